The van der Waals surface area contributed by atoms with Crippen molar-refractivity contribution in [2.75, 3.05) is 23.3 Å². The number of Topliss-reactive ketones (excluding diaryl/α,β-unsaturated/α-hetero) is 1. The molecule has 9 heteroatoms. The van der Waals surface area contributed by atoms with Gasteiger partial charge in [0.2, 0.25) is 11.9 Å². The molecule has 0 bridgehead atoms. The van der Waals surface area contributed by atoms with Crippen molar-refractivity contribution < 1.29 is 4.79 Å². The van der Waals surface area contributed by atoms with Gasteiger partial charge in [-0.25, -0.2) is 0 Å². The minimum Gasteiger partial charge on any atom is -0.351 e. The van der Waals surface area contributed by atoms with Gasteiger partial charge in [0.25, 0.3) is 5.56 Å². The maximum absolute atomic E-state index is 14.4. The Hall–Kier alpha value is -4.76. The van der Waals surface area contributed by atoms with Crippen LogP contribution in [-0.2, 0) is 19.6 Å². The Morgan fingerprint density at radius 3 is 2.31 bits per heavy atom. The van der Waals surface area contributed by atoms with Crippen molar-refractivity contribution in [3.63, 3.8) is 0 Å². The van der Waals surface area contributed by atoms with Crippen molar-refractivity contribution in [2.24, 2.45) is 5.73 Å². The van der Waals surface area contributed by atoms with Gasteiger partial charge in [-0.05, 0) is 30.9 Å². The number of benzene rings is 3. The first-order valence-electron chi connectivity index (χ1n) is 14.4. The minimum atomic E-state index is -0.313. The molecule has 1 saturated heterocycles. The van der Waals surface area contributed by atoms with Crippen LogP contribution < -0.4 is 21.5 Å². The number of ketones is 1. The van der Waals surface area contributed by atoms with E-state index in [1.165, 1.54) is 4.57 Å². The number of aryl methyl sites for hydroxylation is 1. The fourth-order valence-electron chi connectivity index (χ4n) is 5.48. The predicted octanol–water partition coefficient (Wildman–Crippen LogP) is 4.37. The summed E-state index contributed by atoms with van der Waals surface area (Å²) in [5, 5.41) is 3.31. The van der Waals surface area contributed by atoms with E-state index in [-0.39, 0.29) is 23.9 Å². The number of hydrogen-bond acceptors (Lipinski definition) is 7. The van der Waals surface area contributed by atoms with Crippen LogP contribution >= 0.6 is 0 Å². The predicted molar refractivity (Wildman–Crippen MR) is 166 cm³/mol. The van der Waals surface area contributed by atoms with Crippen molar-refractivity contribution in [2.45, 2.75) is 45.4 Å². The average molecular weight is 562 g/mol. The summed E-state index contributed by atoms with van der Waals surface area (Å²) in [4.78, 5) is 39.7. The smallest absolute Gasteiger partial charge is 0.281 e. The lowest BCUT2D eigenvalue weighted by Crippen LogP contribution is -2.44. The number of carbonyl (C=O) groups excluding carboxylic acids is 1. The molecular formula is C33H35N7O2. The van der Waals surface area contributed by atoms with E-state index < -0.39 is 0 Å². The second-order valence-corrected chi connectivity index (χ2v) is 11.0. The highest BCUT2D eigenvalue weighted by molar-refractivity contribution is 5.96. The number of piperidine rings is 1. The van der Waals surface area contributed by atoms with Crippen LogP contribution in [0.25, 0.3) is 11.2 Å². The molecule has 1 fully saturated rings. The Kier molecular flexibility index (Phi) is 7.83. The number of nitrogens with one attached hydrogen (secondary N) is 1. The quantitative estimate of drug-likeness (QED) is 0.257. The zero-order valence-corrected chi connectivity index (χ0v) is 23.7. The minimum absolute atomic E-state index is 0.0311. The van der Waals surface area contributed by atoms with Crippen LogP contribution in [0.4, 0.5) is 11.9 Å². The van der Waals surface area contributed by atoms with Crippen LogP contribution in [0.5, 0.6) is 0 Å². The number of hydrogen-bond donors (Lipinski definition) is 2. The highest BCUT2D eigenvalue weighted by Crippen LogP contribution is 2.25. The largest absolute Gasteiger partial charge is 0.351 e. The van der Waals surface area contributed by atoms with Gasteiger partial charge in [-0.15, -0.1) is 0 Å². The van der Waals surface area contributed by atoms with E-state index in [1.54, 1.807) is 12.1 Å². The second kappa shape index (κ2) is 12.0. The Morgan fingerprint density at radius 2 is 1.62 bits per heavy atom. The van der Waals surface area contributed by atoms with Crippen molar-refractivity contribution in [3.05, 3.63) is 118 Å². The van der Waals surface area contributed by atoms with Crippen molar-refractivity contribution in [3.8, 4) is 0 Å². The Bertz CT molecular complexity index is 1750. The third-order valence-electron chi connectivity index (χ3n) is 7.74. The highest BCUT2D eigenvalue weighted by Gasteiger charge is 2.26. The van der Waals surface area contributed by atoms with Crippen LogP contribution in [0.2, 0.25) is 0 Å². The molecule has 5 aromatic rings. The first-order valence-corrected chi connectivity index (χ1v) is 14.4. The topological polar surface area (TPSA) is 111 Å². The maximum Gasteiger partial charge on any atom is 0.281 e. The fourth-order valence-corrected chi connectivity index (χ4v) is 5.48. The van der Waals surface area contributed by atoms with Crippen molar-refractivity contribution >= 4 is 28.8 Å². The van der Waals surface area contributed by atoms with Crippen LogP contribution in [-0.4, -0.2) is 44.0 Å². The molecule has 0 saturated carbocycles. The number of rotatable bonds is 9. The van der Waals surface area contributed by atoms with E-state index >= 15 is 0 Å². The third kappa shape index (κ3) is 5.82. The summed E-state index contributed by atoms with van der Waals surface area (Å²) < 4.78 is 3.38. The van der Waals surface area contributed by atoms with Gasteiger partial charge in [0, 0.05) is 31.2 Å². The van der Waals surface area contributed by atoms with Crippen LogP contribution in [0.1, 0.15) is 39.9 Å². The normalized spacial score (nSPS) is 15.2. The Morgan fingerprint density at radius 1 is 0.929 bits per heavy atom. The van der Waals surface area contributed by atoms with Crippen molar-refractivity contribution in [1.82, 2.24) is 19.1 Å². The fraction of sp³-hybridized carbons (Fsp3) is 0.273. The summed E-state index contributed by atoms with van der Waals surface area (Å²) in [6.45, 7) is 4.15. The summed E-state index contributed by atoms with van der Waals surface area (Å²) in [5.41, 5.74) is 10.4. The number of carbonyl (C=O) groups is 1. The molecule has 42 heavy (non-hydrogen) atoms. The molecule has 3 heterocycles. The van der Waals surface area contributed by atoms with Crippen LogP contribution in [0, 0.1) is 6.92 Å². The van der Waals surface area contributed by atoms with Gasteiger partial charge in [-0.1, -0.05) is 90.5 Å². The molecule has 1 aliphatic rings. The molecule has 9 nitrogen and oxygen atoms in total. The molecule has 2 aromatic heterocycles. The van der Waals surface area contributed by atoms with Gasteiger partial charge < -0.3 is 16.0 Å². The molecule has 0 spiro atoms. The lowest BCUT2D eigenvalue weighted by Gasteiger charge is -2.31. The Balaban J connectivity index is 1.48. The molecule has 6 rings (SSSR count). The lowest BCUT2D eigenvalue weighted by molar-refractivity contribution is 0.0971. The molecule has 0 radical (unpaired) electrons. The van der Waals surface area contributed by atoms with Gasteiger partial charge in [0.15, 0.2) is 16.9 Å². The van der Waals surface area contributed by atoms with Gasteiger partial charge >= 0.3 is 0 Å². The van der Waals surface area contributed by atoms with Crippen LogP contribution in [0.3, 0.4) is 0 Å². The first-order chi connectivity index (χ1) is 20.5. The van der Waals surface area contributed by atoms with Gasteiger partial charge in [-0.3, -0.25) is 18.7 Å². The van der Waals surface area contributed by atoms with E-state index in [2.05, 4.69) is 10.2 Å². The number of aromatic nitrogens is 4. The SMILES string of the molecule is Cc1ccc(C(=O)Cn2c(NCc3ccccc3)nc3nc(N4CCCC(N)C4)n(Cc4ccccc4)c3c2=O)cc1. The first kappa shape index (κ1) is 27.4. The molecule has 3 N–H and O–H groups in total. The van der Waals surface area contributed by atoms with Gasteiger partial charge in [0.1, 0.15) is 0 Å². The molecule has 3 aromatic carbocycles. The molecule has 1 unspecified atom stereocenters. The molecular weight excluding hydrogens is 526 g/mol. The maximum atomic E-state index is 14.4. The van der Waals surface area contributed by atoms with Gasteiger partial charge in [-0.2, -0.15) is 9.97 Å². The highest BCUT2D eigenvalue weighted by atomic mass is 16.1. The summed E-state index contributed by atoms with van der Waals surface area (Å²) in [6, 6.07) is 27.3. The zero-order valence-electron chi connectivity index (χ0n) is 23.7. The van der Waals surface area contributed by atoms with E-state index in [0.717, 1.165) is 36.1 Å². The van der Waals surface area contributed by atoms with Crippen molar-refractivity contribution in [1.29, 1.82) is 0 Å². The molecule has 1 atom stereocenters. The summed E-state index contributed by atoms with van der Waals surface area (Å²) in [5.74, 6) is 0.811. The van der Waals surface area contributed by atoms with E-state index in [9.17, 15) is 9.59 Å². The average Bonchev–Trinajstić information content (AvgIpc) is 3.37. The molecule has 1 aliphatic heterocycles. The third-order valence-corrected chi connectivity index (χ3v) is 7.74. The number of fused-ring (bicyclic) bond motifs is 1. The number of nitrogens with two attached hydrogens (primary N) is 1. The standard InChI is InChI=1S/C33H35N7O2/c1-23-14-16-26(17-15-23)28(41)22-40-31(42)29-30(36-32(40)35-19-24-9-4-2-5-10-24)37-33(38-18-8-13-27(34)21-38)39(29)20-25-11-6-3-7-12-25/h2-7,9-12,14-17,27H,8,13,18-22,34H2,1H3,(H,35,36). The molecule has 0 aliphatic carbocycles. The zero-order chi connectivity index (χ0) is 29.1. The second-order valence-electron chi connectivity index (χ2n) is 11.0. The number of anilines is 2. The number of imidazole rings is 1. The Labute approximate surface area is 244 Å². The molecule has 214 valence electrons. The number of nitrogens with zero attached hydrogens (tertiary/aromatic N) is 5. The monoisotopic (exact) mass is 561 g/mol. The summed E-state index contributed by atoms with van der Waals surface area (Å²) in [6.07, 6.45) is 1.90. The molecule has 0 amide bonds. The van der Waals surface area contributed by atoms with E-state index in [0.29, 0.717) is 48.3 Å². The van der Waals surface area contributed by atoms with Gasteiger partial charge in [0.05, 0.1) is 13.1 Å². The summed E-state index contributed by atoms with van der Waals surface area (Å²) in [7, 11) is 0. The summed E-state index contributed by atoms with van der Waals surface area (Å²) >= 11 is 0. The van der Waals surface area contributed by atoms with E-state index in [1.807, 2.05) is 84.3 Å². The van der Waals surface area contributed by atoms with Crippen LogP contribution in [0.15, 0.2) is 89.7 Å². The lowest BCUT2D eigenvalue weighted by atomic mass is 10.1. The van der Waals surface area contributed by atoms with E-state index in [4.69, 9.17) is 15.7 Å².